The van der Waals surface area contributed by atoms with Crippen molar-refractivity contribution in [2.75, 3.05) is 0 Å². The number of ether oxygens (including phenoxy) is 1. The predicted octanol–water partition coefficient (Wildman–Crippen LogP) is 7.84. The van der Waals surface area contributed by atoms with E-state index < -0.39 is 20.3 Å². The maximum atomic E-state index is 14.5. The quantitative estimate of drug-likeness (QED) is 0.114. The Morgan fingerprint density at radius 3 is 2.27 bits per heavy atom. The summed E-state index contributed by atoms with van der Waals surface area (Å²) >= 11 is 0. The molecule has 0 aromatic rings. The Bertz CT molecular complexity index is 705. The van der Waals surface area contributed by atoms with Gasteiger partial charge in [-0.3, -0.25) is 9.59 Å². The molecule has 4 atom stereocenters. The Balaban J connectivity index is 2.80. The maximum Gasteiger partial charge on any atom is 0.306 e. The molecule has 218 valence electrons. The van der Waals surface area contributed by atoms with Gasteiger partial charge in [-0.2, -0.15) is 0 Å². The lowest BCUT2D eigenvalue weighted by Gasteiger charge is -2.40. The van der Waals surface area contributed by atoms with Gasteiger partial charge in [0, 0.05) is 25.2 Å². The van der Waals surface area contributed by atoms with Gasteiger partial charge in [-0.05, 0) is 70.0 Å². The number of hydrogen-bond donors (Lipinski definition) is 1. The number of carbonyl (C=O) groups is 2. The number of unbranched alkanes of at least 4 members (excludes halogenated alkanes) is 4. The molecular weight excluding hydrogens is 494 g/mol. The molecule has 8 heteroatoms. The van der Waals surface area contributed by atoms with Gasteiger partial charge in [0.1, 0.15) is 11.9 Å². The number of halogens is 2. The van der Waals surface area contributed by atoms with Crippen LogP contribution in [-0.4, -0.2) is 49.4 Å². The smallest absolute Gasteiger partial charge is 0.306 e. The van der Waals surface area contributed by atoms with Gasteiger partial charge < -0.3 is 14.3 Å². The van der Waals surface area contributed by atoms with Crippen LogP contribution in [0.4, 0.5) is 8.78 Å². The van der Waals surface area contributed by atoms with E-state index in [4.69, 9.17) is 9.16 Å². The third-order valence-electron chi connectivity index (χ3n) is 8.20. The van der Waals surface area contributed by atoms with Gasteiger partial charge in [-0.1, -0.05) is 53.4 Å². The molecule has 1 fully saturated rings. The molecule has 1 aliphatic rings. The highest BCUT2D eigenvalue weighted by Gasteiger charge is 2.48. The Labute approximate surface area is 225 Å². The van der Waals surface area contributed by atoms with Gasteiger partial charge in [-0.15, -0.1) is 0 Å². The summed E-state index contributed by atoms with van der Waals surface area (Å²) < 4.78 is 40.7. The minimum Gasteiger partial charge on any atom is -0.463 e. The monoisotopic (exact) mass is 548 g/mol. The van der Waals surface area contributed by atoms with Gasteiger partial charge in [0.15, 0.2) is 8.32 Å². The number of ketones is 1. The van der Waals surface area contributed by atoms with Crippen LogP contribution in [0.25, 0.3) is 0 Å². The summed E-state index contributed by atoms with van der Waals surface area (Å²) in [6.07, 6.45) is 3.76. The molecule has 0 aromatic heterocycles. The van der Waals surface area contributed by atoms with Crippen LogP contribution in [0.5, 0.6) is 0 Å². The van der Waals surface area contributed by atoms with Crippen LogP contribution in [0.2, 0.25) is 18.1 Å². The topological polar surface area (TPSA) is 72.8 Å². The van der Waals surface area contributed by atoms with Gasteiger partial charge in [0.25, 0.3) is 5.92 Å². The van der Waals surface area contributed by atoms with Gasteiger partial charge >= 0.3 is 5.97 Å². The molecule has 5 nitrogen and oxygen atoms in total. The molecule has 0 spiro atoms. The molecule has 0 amide bonds. The van der Waals surface area contributed by atoms with Crippen LogP contribution in [0.15, 0.2) is 0 Å². The van der Waals surface area contributed by atoms with E-state index in [2.05, 4.69) is 33.9 Å². The van der Waals surface area contributed by atoms with E-state index >= 15 is 0 Å². The third kappa shape index (κ3) is 11.4. The summed E-state index contributed by atoms with van der Waals surface area (Å²) in [6, 6.07) is 0. The normalized spacial score (nSPS) is 22.1. The van der Waals surface area contributed by atoms with E-state index in [-0.39, 0.29) is 53.7 Å². The average molecular weight is 549 g/mol. The fourth-order valence-corrected chi connectivity index (χ4v) is 6.26. The van der Waals surface area contributed by atoms with Crippen molar-refractivity contribution in [1.29, 1.82) is 0 Å². The number of alkyl halides is 2. The zero-order valence-electron chi connectivity index (χ0n) is 24.7. The predicted molar refractivity (Wildman–Crippen MR) is 147 cm³/mol. The largest absolute Gasteiger partial charge is 0.463 e. The van der Waals surface area contributed by atoms with Gasteiger partial charge in [-0.25, -0.2) is 8.78 Å². The third-order valence-corrected chi connectivity index (χ3v) is 12.7. The van der Waals surface area contributed by atoms with E-state index in [9.17, 15) is 23.5 Å². The molecule has 0 radical (unpaired) electrons. The van der Waals surface area contributed by atoms with E-state index in [1.54, 1.807) is 0 Å². The van der Waals surface area contributed by atoms with Crippen LogP contribution < -0.4 is 0 Å². The zero-order valence-corrected chi connectivity index (χ0v) is 25.7. The average Bonchev–Trinajstić information content (AvgIpc) is 3.04. The zero-order chi connectivity index (χ0) is 28.4. The Hall–Kier alpha value is -0.863. The number of esters is 1. The molecule has 1 rings (SSSR count). The van der Waals surface area contributed by atoms with Crippen molar-refractivity contribution in [3.8, 4) is 0 Å². The Morgan fingerprint density at radius 2 is 1.70 bits per heavy atom. The number of carbonyl (C=O) groups excluding carboxylic acids is 2. The van der Waals surface area contributed by atoms with E-state index in [1.165, 1.54) is 0 Å². The first-order valence-corrected chi connectivity index (χ1v) is 17.4. The second-order valence-electron chi connectivity index (χ2n) is 12.8. The molecule has 1 saturated carbocycles. The molecule has 1 N–H and O–H groups in total. The minimum atomic E-state index is -3.11. The van der Waals surface area contributed by atoms with Crippen molar-refractivity contribution < 1.29 is 32.6 Å². The lowest BCUT2D eigenvalue weighted by Crippen LogP contribution is -2.45. The fraction of sp³-hybridized carbons (Fsp3) is 0.931. The minimum absolute atomic E-state index is 0.0257. The van der Waals surface area contributed by atoms with Crippen LogP contribution >= 0.6 is 0 Å². The summed E-state index contributed by atoms with van der Waals surface area (Å²) in [6.45, 7) is 16.3. The molecule has 0 heterocycles. The molecule has 0 bridgehead atoms. The van der Waals surface area contributed by atoms with Crippen LogP contribution in [-0.2, 0) is 18.8 Å². The fourth-order valence-electron chi connectivity index (χ4n) is 4.89. The number of hydrogen-bond acceptors (Lipinski definition) is 5. The summed E-state index contributed by atoms with van der Waals surface area (Å²) in [4.78, 5) is 24.8. The van der Waals surface area contributed by atoms with Crippen molar-refractivity contribution in [3.63, 3.8) is 0 Å². The molecule has 0 aliphatic heterocycles. The first-order chi connectivity index (χ1) is 17.0. The lowest BCUT2D eigenvalue weighted by molar-refractivity contribution is -0.147. The van der Waals surface area contributed by atoms with Crippen molar-refractivity contribution >= 4 is 20.1 Å². The van der Waals surface area contributed by atoms with E-state index in [1.807, 2.05) is 20.8 Å². The van der Waals surface area contributed by atoms with Crippen molar-refractivity contribution in [3.05, 3.63) is 0 Å². The molecule has 1 unspecified atom stereocenters. The molecular formula is C29H54F2O5Si. The van der Waals surface area contributed by atoms with E-state index in [0.717, 1.165) is 25.7 Å². The first-order valence-electron chi connectivity index (χ1n) is 14.5. The van der Waals surface area contributed by atoms with Gasteiger partial charge in [0.05, 0.1) is 12.2 Å². The Kier molecular flexibility index (Phi) is 13.9. The Morgan fingerprint density at radius 1 is 1.08 bits per heavy atom. The number of rotatable bonds is 17. The highest BCUT2D eigenvalue weighted by atomic mass is 28.4. The van der Waals surface area contributed by atoms with Crippen molar-refractivity contribution in [2.45, 2.75) is 161 Å². The lowest BCUT2D eigenvalue weighted by atomic mass is 9.84. The second kappa shape index (κ2) is 15.1. The maximum absolute atomic E-state index is 14.5. The number of aliphatic hydroxyl groups excluding tert-OH is 1. The van der Waals surface area contributed by atoms with Crippen LogP contribution in [0, 0.1) is 11.8 Å². The number of Topliss-reactive ketones (excluding diaryl/α,β-unsaturated/α-hetero) is 1. The van der Waals surface area contributed by atoms with Gasteiger partial charge in [0.2, 0.25) is 0 Å². The number of aliphatic hydroxyl groups is 1. The molecule has 37 heavy (non-hydrogen) atoms. The highest BCUT2D eigenvalue weighted by Crippen LogP contribution is 2.44. The van der Waals surface area contributed by atoms with Crippen molar-refractivity contribution in [1.82, 2.24) is 0 Å². The summed E-state index contributed by atoms with van der Waals surface area (Å²) in [7, 11) is -2.16. The highest BCUT2D eigenvalue weighted by molar-refractivity contribution is 6.74. The van der Waals surface area contributed by atoms with Crippen LogP contribution in [0.3, 0.4) is 0 Å². The molecule has 0 saturated heterocycles. The molecule has 0 aromatic carbocycles. The SMILES string of the molecule is CCCCC(F)(F)C(O)CC[C@H]1[C@H](O[Si](C)(C)C(C)(C)C)CC(=O)[C@@H]1CCCCCCC(=O)OC(C)C. The first kappa shape index (κ1) is 34.2. The van der Waals surface area contributed by atoms with Crippen molar-refractivity contribution in [2.24, 2.45) is 11.8 Å². The second-order valence-corrected chi connectivity index (χ2v) is 17.6. The van der Waals surface area contributed by atoms with E-state index in [0.29, 0.717) is 38.5 Å². The summed E-state index contributed by atoms with van der Waals surface area (Å²) in [5.74, 6) is -3.51. The summed E-state index contributed by atoms with van der Waals surface area (Å²) in [5, 5.41) is 10.3. The molecule has 1 aliphatic carbocycles. The summed E-state index contributed by atoms with van der Waals surface area (Å²) in [5.41, 5.74) is 0. The standard InChI is InChI=1S/C29H54F2O5Si/c1-9-10-19-29(30,31)26(33)18-17-23-22(15-13-11-12-14-16-27(34)35-21(2)3)24(32)20-25(23)36-37(7,8)28(4,5)6/h21-23,25-26,33H,9-20H2,1-8H3/t22-,23-,25-,26?/m1/s1. The van der Waals surface area contributed by atoms with Crippen LogP contribution in [0.1, 0.15) is 119 Å².